The van der Waals surface area contributed by atoms with E-state index in [1.807, 2.05) is 13.2 Å². The van der Waals surface area contributed by atoms with E-state index in [-0.39, 0.29) is 0 Å². The Morgan fingerprint density at radius 3 is 2.84 bits per heavy atom. The second kappa shape index (κ2) is 6.68. The van der Waals surface area contributed by atoms with Crippen LogP contribution >= 0.6 is 0 Å². The minimum absolute atomic E-state index is 0.295. The number of nitrogens with zero attached hydrogens (tertiary/aromatic N) is 2. The van der Waals surface area contributed by atoms with E-state index in [1.54, 1.807) is 7.11 Å². The lowest BCUT2D eigenvalue weighted by Gasteiger charge is -2.28. The van der Waals surface area contributed by atoms with Crippen LogP contribution in [0.5, 0.6) is 0 Å². The molecule has 2 rings (SSSR count). The van der Waals surface area contributed by atoms with Crippen molar-refractivity contribution in [1.82, 2.24) is 10.3 Å². The summed E-state index contributed by atoms with van der Waals surface area (Å²) in [6.07, 6.45) is 5.30. The van der Waals surface area contributed by atoms with Gasteiger partial charge in [0, 0.05) is 26.2 Å². The molecule has 1 aromatic heterocycles. The van der Waals surface area contributed by atoms with Gasteiger partial charge in [-0.3, -0.25) is 4.98 Å². The third-order valence-electron chi connectivity index (χ3n) is 3.65. The third kappa shape index (κ3) is 3.55. The minimum Gasteiger partial charge on any atom is -0.380 e. The van der Waals surface area contributed by atoms with Crippen LogP contribution in [0.25, 0.3) is 0 Å². The van der Waals surface area contributed by atoms with Crippen molar-refractivity contribution in [2.24, 2.45) is 0 Å². The largest absolute Gasteiger partial charge is 0.380 e. The maximum Gasteiger partial charge on any atom is 0.0674 e. The zero-order valence-corrected chi connectivity index (χ0v) is 12.0. The molecule has 2 heterocycles. The lowest BCUT2D eigenvalue weighted by Crippen LogP contribution is -2.29. The fourth-order valence-electron chi connectivity index (χ4n) is 2.25. The van der Waals surface area contributed by atoms with Crippen LogP contribution in [0.4, 0.5) is 5.69 Å². The fourth-order valence-corrected chi connectivity index (χ4v) is 2.25. The van der Waals surface area contributed by atoms with Crippen LogP contribution in [0.1, 0.15) is 25.1 Å². The first-order chi connectivity index (χ1) is 9.24. The standard InChI is InChI=1S/C15H23N3O/c1-12(16-2)15-5-4-14(10-17-15)18-8-6-13(7-9-18)11-19-3/h4-6,10,12,16H,7-9,11H2,1-3H3. The zero-order chi connectivity index (χ0) is 13.7. The normalized spacial score (nSPS) is 17.2. The summed E-state index contributed by atoms with van der Waals surface area (Å²) in [5.41, 5.74) is 3.67. The maximum atomic E-state index is 5.17. The van der Waals surface area contributed by atoms with Crippen molar-refractivity contribution in [1.29, 1.82) is 0 Å². The van der Waals surface area contributed by atoms with E-state index < -0.39 is 0 Å². The molecule has 1 N–H and O–H groups in total. The first kappa shape index (κ1) is 14.0. The molecule has 0 aromatic carbocycles. The lowest BCUT2D eigenvalue weighted by molar-refractivity contribution is 0.222. The first-order valence-electron chi connectivity index (χ1n) is 6.79. The highest BCUT2D eigenvalue weighted by atomic mass is 16.5. The van der Waals surface area contributed by atoms with Gasteiger partial charge in [-0.2, -0.15) is 0 Å². The molecule has 0 amide bonds. The van der Waals surface area contributed by atoms with Gasteiger partial charge in [0.15, 0.2) is 0 Å². The molecule has 0 radical (unpaired) electrons. The van der Waals surface area contributed by atoms with Gasteiger partial charge in [0.1, 0.15) is 0 Å². The summed E-state index contributed by atoms with van der Waals surface area (Å²) < 4.78 is 5.17. The summed E-state index contributed by atoms with van der Waals surface area (Å²) in [6, 6.07) is 4.56. The Morgan fingerprint density at radius 2 is 2.32 bits per heavy atom. The molecule has 4 nitrogen and oxygen atoms in total. The van der Waals surface area contributed by atoms with Gasteiger partial charge in [-0.25, -0.2) is 0 Å². The van der Waals surface area contributed by atoms with Gasteiger partial charge in [0.2, 0.25) is 0 Å². The molecule has 4 heteroatoms. The second-order valence-electron chi connectivity index (χ2n) is 4.94. The van der Waals surface area contributed by atoms with E-state index in [9.17, 15) is 0 Å². The molecule has 0 saturated carbocycles. The summed E-state index contributed by atoms with van der Waals surface area (Å²) in [6.45, 7) is 4.85. The number of anilines is 1. The molecular weight excluding hydrogens is 238 g/mol. The second-order valence-corrected chi connectivity index (χ2v) is 4.94. The Labute approximate surface area is 115 Å². The lowest BCUT2D eigenvalue weighted by atomic mass is 10.1. The Balaban J connectivity index is 2.00. The Morgan fingerprint density at radius 1 is 1.47 bits per heavy atom. The summed E-state index contributed by atoms with van der Waals surface area (Å²) in [4.78, 5) is 6.88. The van der Waals surface area contributed by atoms with Crippen molar-refractivity contribution < 1.29 is 4.74 Å². The highest BCUT2D eigenvalue weighted by Gasteiger charge is 2.13. The van der Waals surface area contributed by atoms with Crippen LogP contribution in [0.3, 0.4) is 0 Å². The average molecular weight is 261 g/mol. The molecule has 1 aliphatic heterocycles. The van der Waals surface area contributed by atoms with E-state index in [0.717, 1.165) is 31.8 Å². The molecule has 104 valence electrons. The van der Waals surface area contributed by atoms with Crippen LogP contribution in [-0.2, 0) is 4.74 Å². The quantitative estimate of drug-likeness (QED) is 0.824. The van der Waals surface area contributed by atoms with Gasteiger partial charge >= 0.3 is 0 Å². The van der Waals surface area contributed by atoms with Gasteiger partial charge in [-0.15, -0.1) is 0 Å². The van der Waals surface area contributed by atoms with Gasteiger partial charge in [-0.05, 0) is 38.1 Å². The molecule has 1 atom stereocenters. The number of ether oxygens (including phenoxy) is 1. The third-order valence-corrected chi connectivity index (χ3v) is 3.65. The number of aromatic nitrogens is 1. The van der Waals surface area contributed by atoms with Gasteiger partial charge in [-0.1, -0.05) is 6.08 Å². The molecular formula is C15H23N3O. The molecule has 0 spiro atoms. The summed E-state index contributed by atoms with van der Waals surface area (Å²) >= 11 is 0. The smallest absolute Gasteiger partial charge is 0.0674 e. The van der Waals surface area contributed by atoms with Gasteiger partial charge < -0.3 is 15.0 Å². The Hall–Kier alpha value is -1.39. The van der Waals surface area contributed by atoms with Gasteiger partial charge in [0.25, 0.3) is 0 Å². The number of methoxy groups -OCH3 is 1. The minimum atomic E-state index is 0.295. The van der Waals surface area contributed by atoms with E-state index in [2.05, 4.69) is 40.3 Å². The predicted molar refractivity (Wildman–Crippen MR) is 78.5 cm³/mol. The van der Waals surface area contributed by atoms with E-state index in [1.165, 1.54) is 11.3 Å². The average Bonchev–Trinajstić information content (AvgIpc) is 2.48. The molecule has 1 aliphatic rings. The van der Waals surface area contributed by atoms with E-state index in [0.29, 0.717) is 6.04 Å². The molecule has 0 bridgehead atoms. The molecule has 19 heavy (non-hydrogen) atoms. The molecule has 1 unspecified atom stereocenters. The van der Waals surface area contributed by atoms with Crippen molar-refractivity contribution in [3.05, 3.63) is 35.7 Å². The van der Waals surface area contributed by atoms with Crippen LogP contribution in [0, 0.1) is 0 Å². The number of rotatable bonds is 5. The predicted octanol–water partition coefficient (Wildman–Crippen LogP) is 2.14. The molecule has 1 aromatic rings. The van der Waals surface area contributed by atoms with Crippen LogP contribution in [-0.4, -0.2) is 38.8 Å². The van der Waals surface area contributed by atoms with E-state index >= 15 is 0 Å². The van der Waals surface area contributed by atoms with Crippen molar-refractivity contribution in [3.8, 4) is 0 Å². The van der Waals surface area contributed by atoms with Crippen LogP contribution in [0.2, 0.25) is 0 Å². The monoisotopic (exact) mass is 261 g/mol. The van der Waals surface area contributed by atoms with Crippen LogP contribution < -0.4 is 10.2 Å². The van der Waals surface area contributed by atoms with E-state index in [4.69, 9.17) is 4.74 Å². The molecule has 0 fully saturated rings. The molecule has 0 aliphatic carbocycles. The first-order valence-corrected chi connectivity index (χ1v) is 6.79. The fraction of sp³-hybridized carbons (Fsp3) is 0.533. The SMILES string of the molecule is CNC(C)c1ccc(N2CC=C(COC)CC2)cn1. The highest BCUT2D eigenvalue weighted by Crippen LogP contribution is 2.20. The number of hydrogen-bond donors (Lipinski definition) is 1. The van der Waals surface area contributed by atoms with Crippen molar-refractivity contribution in [3.63, 3.8) is 0 Å². The zero-order valence-electron chi connectivity index (χ0n) is 12.0. The van der Waals surface area contributed by atoms with Crippen LogP contribution in [0.15, 0.2) is 30.0 Å². The summed E-state index contributed by atoms with van der Waals surface area (Å²) in [5.74, 6) is 0. The number of nitrogens with one attached hydrogen (secondary N) is 1. The van der Waals surface area contributed by atoms with Crippen molar-refractivity contribution in [2.45, 2.75) is 19.4 Å². The van der Waals surface area contributed by atoms with Crippen molar-refractivity contribution in [2.75, 3.05) is 38.8 Å². The maximum absolute atomic E-state index is 5.17. The number of hydrogen-bond acceptors (Lipinski definition) is 4. The topological polar surface area (TPSA) is 37.4 Å². The molecule has 0 saturated heterocycles. The Bertz CT molecular complexity index is 428. The Kier molecular flexibility index (Phi) is 4.93. The summed E-state index contributed by atoms with van der Waals surface area (Å²) in [5, 5.41) is 3.20. The van der Waals surface area contributed by atoms with Gasteiger partial charge in [0.05, 0.1) is 24.2 Å². The summed E-state index contributed by atoms with van der Waals surface area (Å²) in [7, 11) is 3.70. The highest BCUT2D eigenvalue weighted by molar-refractivity contribution is 5.46. The number of pyridine rings is 1. The van der Waals surface area contributed by atoms with Crippen molar-refractivity contribution >= 4 is 5.69 Å².